The van der Waals surface area contributed by atoms with Crippen molar-refractivity contribution in [2.75, 3.05) is 5.32 Å². The maximum atomic E-state index is 13.4. The number of nitrogens with zero attached hydrogens (tertiary/aromatic N) is 3. The molecule has 0 spiro atoms. The number of hydrogen-bond acceptors (Lipinski definition) is 5. The molecule has 1 N–H and O–H groups in total. The molecule has 7 nitrogen and oxygen atoms in total. The van der Waals surface area contributed by atoms with Crippen LogP contribution in [0.3, 0.4) is 0 Å². The van der Waals surface area contributed by atoms with E-state index >= 15 is 0 Å². The number of pyridine rings is 1. The van der Waals surface area contributed by atoms with Gasteiger partial charge in [0.25, 0.3) is 11.4 Å². The predicted octanol–water partition coefficient (Wildman–Crippen LogP) is 2.94. The van der Waals surface area contributed by atoms with Gasteiger partial charge < -0.3 is 14.4 Å². The summed E-state index contributed by atoms with van der Waals surface area (Å²) in [4.78, 5) is 28.6. The minimum absolute atomic E-state index is 0.224. The highest BCUT2D eigenvalue weighted by Crippen LogP contribution is 2.17. The first-order valence-electron chi connectivity index (χ1n) is 8.55. The average molecular weight is 370 g/mol. The first kappa shape index (κ1) is 18.5. The van der Waals surface area contributed by atoms with Crippen LogP contribution in [-0.4, -0.2) is 20.6 Å². The fraction of sp³-hybridized carbons (Fsp3) is 0.263. The molecule has 0 bridgehead atoms. The third kappa shape index (κ3) is 4.46. The minimum atomic E-state index is -0.450. The number of nitrogens with one attached hydrogen (secondary N) is 1. The van der Waals surface area contributed by atoms with Gasteiger partial charge in [0, 0.05) is 24.4 Å². The van der Waals surface area contributed by atoms with Gasteiger partial charge in [0.1, 0.15) is 12.4 Å². The molecule has 1 amide bonds. The van der Waals surface area contributed by atoms with E-state index < -0.39 is 11.7 Å². The number of anilines is 1. The van der Waals surface area contributed by atoms with Gasteiger partial charge in [0.2, 0.25) is 5.91 Å². The van der Waals surface area contributed by atoms with Crippen LogP contribution in [0, 0.1) is 12.7 Å². The fourth-order valence-corrected chi connectivity index (χ4v) is 2.55. The fourth-order valence-electron chi connectivity index (χ4n) is 2.55. The molecular weight excluding hydrogens is 351 g/mol. The van der Waals surface area contributed by atoms with Crippen molar-refractivity contribution < 1.29 is 13.7 Å². The van der Waals surface area contributed by atoms with Crippen LogP contribution in [0.4, 0.5) is 10.1 Å². The van der Waals surface area contributed by atoms with Crippen molar-refractivity contribution in [3.8, 4) is 11.5 Å². The summed E-state index contributed by atoms with van der Waals surface area (Å²) in [5.74, 6) is -0.0207. The molecule has 0 aliphatic rings. The lowest BCUT2D eigenvalue weighted by Gasteiger charge is -2.10. The highest BCUT2D eigenvalue weighted by atomic mass is 19.1. The van der Waals surface area contributed by atoms with E-state index in [0.29, 0.717) is 23.5 Å². The van der Waals surface area contributed by atoms with Gasteiger partial charge in [0.05, 0.1) is 5.56 Å². The highest BCUT2D eigenvalue weighted by molar-refractivity contribution is 5.91. The Bertz CT molecular complexity index is 1030. The monoisotopic (exact) mass is 370 g/mol. The van der Waals surface area contributed by atoms with Crippen LogP contribution in [0.5, 0.6) is 0 Å². The maximum Gasteiger partial charge on any atom is 0.259 e. The molecule has 140 valence electrons. The van der Waals surface area contributed by atoms with Gasteiger partial charge in [-0.25, -0.2) is 4.39 Å². The summed E-state index contributed by atoms with van der Waals surface area (Å²) in [6.07, 6.45) is 3.07. The molecule has 27 heavy (non-hydrogen) atoms. The van der Waals surface area contributed by atoms with Crippen LogP contribution in [0.2, 0.25) is 0 Å². The first-order chi connectivity index (χ1) is 13.0. The van der Waals surface area contributed by atoms with Crippen LogP contribution >= 0.6 is 0 Å². The summed E-state index contributed by atoms with van der Waals surface area (Å²) in [5, 5.41) is 6.50. The molecule has 0 aliphatic carbocycles. The van der Waals surface area contributed by atoms with Crippen molar-refractivity contribution in [2.24, 2.45) is 0 Å². The van der Waals surface area contributed by atoms with E-state index in [9.17, 15) is 14.0 Å². The van der Waals surface area contributed by atoms with Crippen LogP contribution in [0.25, 0.3) is 11.5 Å². The molecule has 0 unspecified atom stereocenters. The second-order valence-corrected chi connectivity index (χ2v) is 6.16. The quantitative estimate of drug-likeness (QED) is 0.720. The van der Waals surface area contributed by atoms with Gasteiger partial charge in [0.15, 0.2) is 5.82 Å². The van der Waals surface area contributed by atoms with Crippen molar-refractivity contribution in [1.29, 1.82) is 0 Å². The average Bonchev–Trinajstić information content (AvgIpc) is 3.09. The van der Waals surface area contributed by atoms with E-state index in [1.54, 1.807) is 19.1 Å². The van der Waals surface area contributed by atoms with Gasteiger partial charge in [-0.15, -0.1) is 0 Å². The van der Waals surface area contributed by atoms with Gasteiger partial charge in [-0.3, -0.25) is 9.59 Å². The Balaban J connectivity index is 1.78. The molecule has 1 aromatic carbocycles. The number of aromatic nitrogens is 3. The van der Waals surface area contributed by atoms with Gasteiger partial charge in [-0.2, -0.15) is 4.98 Å². The molecule has 0 atom stereocenters. The SMILES string of the molecule is CCCc1noc(-c2ccc(=O)n(CC(=O)Nc3cc(F)ccc3C)c2)n1. The largest absolute Gasteiger partial charge is 0.334 e. The molecule has 0 radical (unpaired) electrons. The predicted molar refractivity (Wildman–Crippen MR) is 97.8 cm³/mol. The first-order valence-corrected chi connectivity index (χ1v) is 8.55. The lowest BCUT2D eigenvalue weighted by Crippen LogP contribution is -2.27. The Kier molecular flexibility index (Phi) is 5.44. The molecule has 2 aromatic heterocycles. The number of carbonyl (C=O) groups is 1. The van der Waals surface area contributed by atoms with Crippen molar-refractivity contribution in [2.45, 2.75) is 33.2 Å². The van der Waals surface area contributed by atoms with E-state index in [2.05, 4.69) is 15.5 Å². The lowest BCUT2D eigenvalue weighted by molar-refractivity contribution is -0.116. The molecule has 0 fully saturated rings. The molecule has 0 aliphatic heterocycles. The Morgan fingerprint density at radius 2 is 2.11 bits per heavy atom. The highest BCUT2D eigenvalue weighted by Gasteiger charge is 2.12. The zero-order valence-corrected chi connectivity index (χ0v) is 15.0. The summed E-state index contributed by atoms with van der Waals surface area (Å²) in [6.45, 7) is 3.54. The van der Waals surface area contributed by atoms with E-state index in [1.807, 2.05) is 6.92 Å². The number of benzene rings is 1. The van der Waals surface area contributed by atoms with Crippen LogP contribution < -0.4 is 10.9 Å². The summed E-state index contributed by atoms with van der Waals surface area (Å²) in [7, 11) is 0. The third-order valence-corrected chi connectivity index (χ3v) is 3.96. The number of hydrogen-bond donors (Lipinski definition) is 1. The summed E-state index contributed by atoms with van der Waals surface area (Å²) in [5.41, 5.74) is 1.28. The Morgan fingerprint density at radius 3 is 2.89 bits per heavy atom. The normalized spacial score (nSPS) is 10.8. The second kappa shape index (κ2) is 7.94. The topological polar surface area (TPSA) is 90.0 Å². The van der Waals surface area contributed by atoms with E-state index in [-0.39, 0.29) is 18.0 Å². The van der Waals surface area contributed by atoms with Crippen molar-refractivity contribution in [3.63, 3.8) is 0 Å². The van der Waals surface area contributed by atoms with Gasteiger partial charge in [-0.05, 0) is 37.1 Å². The molecule has 3 rings (SSSR count). The summed E-state index contributed by atoms with van der Waals surface area (Å²) >= 11 is 0. The van der Waals surface area contributed by atoms with Crippen molar-refractivity contribution in [1.82, 2.24) is 14.7 Å². The Hall–Kier alpha value is -3.29. The van der Waals surface area contributed by atoms with E-state index in [0.717, 1.165) is 12.0 Å². The Labute approximate surface area is 154 Å². The smallest absolute Gasteiger partial charge is 0.259 e. The molecule has 3 aromatic rings. The molecule has 8 heteroatoms. The molecule has 0 saturated carbocycles. The van der Waals surface area contributed by atoms with Gasteiger partial charge >= 0.3 is 0 Å². The standard InChI is InChI=1S/C19H19FN4O3/c1-3-4-16-22-19(27-23-16)13-6-8-18(26)24(10-13)11-17(25)21-15-9-14(20)7-5-12(15)2/h5-10H,3-4,11H2,1-2H3,(H,21,25). The second-order valence-electron chi connectivity index (χ2n) is 6.16. The third-order valence-electron chi connectivity index (χ3n) is 3.96. The zero-order chi connectivity index (χ0) is 19.4. The van der Waals surface area contributed by atoms with E-state index in [4.69, 9.17) is 4.52 Å². The summed E-state index contributed by atoms with van der Waals surface area (Å²) < 4.78 is 19.8. The molecular formula is C19H19FN4O3. The van der Waals surface area contributed by atoms with Crippen molar-refractivity contribution in [3.05, 3.63) is 64.1 Å². The summed E-state index contributed by atoms with van der Waals surface area (Å²) in [6, 6.07) is 7.02. The maximum absolute atomic E-state index is 13.4. The number of amides is 1. The number of rotatable bonds is 6. The number of aryl methyl sites for hydroxylation is 2. The van der Waals surface area contributed by atoms with Gasteiger partial charge in [-0.1, -0.05) is 18.1 Å². The van der Waals surface area contributed by atoms with E-state index in [1.165, 1.54) is 29.0 Å². The van der Waals surface area contributed by atoms with Crippen LogP contribution in [0.1, 0.15) is 24.7 Å². The van der Waals surface area contributed by atoms with Crippen LogP contribution in [0.15, 0.2) is 45.8 Å². The number of carbonyl (C=O) groups excluding carboxylic acids is 1. The zero-order valence-electron chi connectivity index (χ0n) is 15.0. The Morgan fingerprint density at radius 1 is 1.30 bits per heavy atom. The van der Waals surface area contributed by atoms with Crippen molar-refractivity contribution >= 4 is 11.6 Å². The number of halogens is 1. The molecule has 2 heterocycles. The molecule has 0 saturated heterocycles. The minimum Gasteiger partial charge on any atom is -0.334 e. The van der Waals surface area contributed by atoms with Crippen LogP contribution in [-0.2, 0) is 17.8 Å². The lowest BCUT2D eigenvalue weighted by atomic mass is 10.2.